The molecule has 0 unspecified atom stereocenters. The van der Waals surface area contributed by atoms with Gasteiger partial charge < -0.3 is 10.5 Å². The molecule has 19 heavy (non-hydrogen) atoms. The van der Waals surface area contributed by atoms with Crippen LogP contribution in [0.1, 0.15) is 18.4 Å². The minimum Gasteiger partial charge on any atom is -0.384 e. The molecule has 4 heteroatoms. The average molecular weight is 257 g/mol. The second-order valence-corrected chi connectivity index (χ2v) is 5.33. The lowest BCUT2D eigenvalue weighted by molar-refractivity contribution is 0.171. The van der Waals surface area contributed by atoms with Gasteiger partial charge >= 0.3 is 0 Å². The van der Waals surface area contributed by atoms with Crippen LogP contribution in [0.3, 0.4) is 0 Å². The Hall–Kier alpha value is -1.81. The molecule has 2 aromatic rings. The average Bonchev–Trinajstić information content (AvgIpc) is 3.13. The minimum atomic E-state index is 0.174. The van der Waals surface area contributed by atoms with E-state index in [0.29, 0.717) is 5.82 Å². The van der Waals surface area contributed by atoms with Crippen molar-refractivity contribution in [2.75, 3.05) is 19.5 Å². The minimum absolute atomic E-state index is 0.174. The SMILES string of the molecule is COCC1(c2ccccc2-c2cnn(C)c2N)CC1. The Kier molecular flexibility index (Phi) is 2.82. The van der Waals surface area contributed by atoms with Crippen LogP contribution in [0.15, 0.2) is 30.5 Å². The smallest absolute Gasteiger partial charge is 0.129 e. The molecule has 100 valence electrons. The van der Waals surface area contributed by atoms with Crippen molar-refractivity contribution >= 4 is 5.82 Å². The predicted molar refractivity (Wildman–Crippen MR) is 75.8 cm³/mol. The number of methoxy groups -OCH3 is 1. The van der Waals surface area contributed by atoms with Crippen LogP contribution in [0.2, 0.25) is 0 Å². The van der Waals surface area contributed by atoms with Gasteiger partial charge in [0, 0.05) is 25.1 Å². The van der Waals surface area contributed by atoms with Crippen LogP contribution in [0.4, 0.5) is 5.82 Å². The van der Waals surface area contributed by atoms with Crippen molar-refractivity contribution in [2.45, 2.75) is 18.3 Å². The fourth-order valence-corrected chi connectivity index (χ4v) is 2.75. The lowest BCUT2D eigenvalue weighted by atomic mass is 9.89. The van der Waals surface area contributed by atoms with Gasteiger partial charge in [0.15, 0.2) is 0 Å². The van der Waals surface area contributed by atoms with Crippen molar-refractivity contribution in [1.82, 2.24) is 9.78 Å². The number of aryl methyl sites for hydroxylation is 1. The molecule has 3 rings (SSSR count). The molecule has 1 aliphatic carbocycles. The first-order valence-electron chi connectivity index (χ1n) is 6.54. The van der Waals surface area contributed by atoms with E-state index in [-0.39, 0.29) is 5.41 Å². The van der Waals surface area contributed by atoms with E-state index in [0.717, 1.165) is 12.2 Å². The van der Waals surface area contributed by atoms with E-state index in [1.54, 1.807) is 11.8 Å². The highest BCUT2D eigenvalue weighted by Gasteiger charge is 2.45. The summed E-state index contributed by atoms with van der Waals surface area (Å²) >= 11 is 0. The maximum Gasteiger partial charge on any atom is 0.129 e. The van der Waals surface area contributed by atoms with Crippen LogP contribution < -0.4 is 5.73 Å². The number of aromatic nitrogens is 2. The van der Waals surface area contributed by atoms with Gasteiger partial charge in [0.25, 0.3) is 0 Å². The molecule has 0 spiro atoms. The normalized spacial score (nSPS) is 16.5. The molecule has 2 N–H and O–H groups in total. The predicted octanol–water partition coefficient (Wildman–Crippen LogP) is 2.35. The molecule has 0 aliphatic heterocycles. The third kappa shape index (κ3) is 1.92. The van der Waals surface area contributed by atoms with Crippen LogP contribution in [0, 0.1) is 0 Å². The number of anilines is 1. The third-order valence-electron chi connectivity index (χ3n) is 4.05. The molecule has 1 heterocycles. The first-order chi connectivity index (χ1) is 9.18. The zero-order chi connectivity index (χ0) is 13.5. The van der Waals surface area contributed by atoms with E-state index in [4.69, 9.17) is 10.5 Å². The number of hydrogen-bond donors (Lipinski definition) is 1. The van der Waals surface area contributed by atoms with Crippen molar-refractivity contribution in [2.24, 2.45) is 7.05 Å². The summed E-state index contributed by atoms with van der Waals surface area (Å²) < 4.78 is 7.11. The molecular weight excluding hydrogens is 238 g/mol. The second kappa shape index (κ2) is 4.38. The maximum absolute atomic E-state index is 6.11. The Labute approximate surface area is 113 Å². The molecule has 4 nitrogen and oxygen atoms in total. The number of nitrogen functional groups attached to an aromatic ring is 1. The van der Waals surface area contributed by atoms with Gasteiger partial charge in [0.1, 0.15) is 5.82 Å². The quantitative estimate of drug-likeness (QED) is 0.914. The lowest BCUT2D eigenvalue weighted by Gasteiger charge is -2.18. The zero-order valence-electron chi connectivity index (χ0n) is 11.4. The van der Waals surface area contributed by atoms with Crippen molar-refractivity contribution < 1.29 is 4.74 Å². The Morgan fingerprint density at radius 3 is 2.63 bits per heavy atom. The molecule has 0 amide bonds. The number of rotatable bonds is 4. The summed E-state index contributed by atoms with van der Waals surface area (Å²) in [7, 11) is 3.63. The van der Waals surface area contributed by atoms with Crippen LogP contribution in [0.5, 0.6) is 0 Å². The molecule has 1 saturated carbocycles. The molecule has 0 atom stereocenters. The highest BCUT2D eigenvalue weighted by atomic mass is 16.5. The summed E-state index contributed by atoms with van der Waals surface area (Å²) in [6.07, 6.45) is 4.20. The first kappa shape index (κ1) is 12.2. The topological polar surface area (TPSA) is 53.1 Å². The highest BCUT2D eigenvalue weighted by molar-refractivity contribution is 5.77. The largest absolute Gasteiger partial charge is 0.384 e. The maximum atomic E-state index is 6.11. The van der Waals surface area contributed by atoms with Crippen molar-refractivity contribution in [3.8, 4) is 11.1 Å². The Bertz CT molecular complexity index is 599. The standard InChI is InChI=1S/C15H19N3O/c1-18-14(16)12(9-17-18)11-5-3-4-6-13(11)15(7-8-15)10-19-2/h3-6,9H,7-8,10,16H2,1-2H3. The number of ether oxygens (including phenoxy) is 1. The van der Waals surface area contributed by atoms with Gasteiger partial charge in [-0.25, -0.2) is 0 Å². The van der Waals surface area contributed by atoms with Crippen LogP contribution in [0.25, 0.3) is 11.1 Å². The van der Waals surface area contributed by atoms with E-state index in [1.807, 2.05) is 19.3 Å². The zero-order valence-corrected chi connectivity index (χ0v) is 11.4. The first-order valence-corrected chi connectivity index (χ1v) is 6.54. The highest BCUT2D eigenvalue weighted by Crippen LogP contribution is 2.51. The summed E-state index contributed by atoms with van der Waals surface area (Å²) in [6, 6.07) is 8.45. The molecule has 0 saturated heterocycles. The molecule has 1 aliphatic rings. The Morgan fingerprint density at radius 1 is 1.32 bits per heavy atom. The van der Waals surface area contributed by atoms with Gasteiger partial charge in [-0.3, -0.25) is 4.68 Å². The number of benzene rings is 1. The molecule has 1 aromatic carbocycles. The van der Waals surface area contributed by atoms with Gasteiger partial charge in [-0.15, -0.1) is 0 Å². The fourth-order valence-electron chi connectivity index (χ4n) is 2.75. The van der Waals surface area contributed by atoms with Crippen LogP contribution in [-0.4, -0.2) is 23.5 Å². The Morgan fingerprint density at radius 2 is 2.05 bits per heavy atom. The second-order valence-electron chi connectivity index (χ2n) is 5.33. The molecule has 1 aromatic heterocycles. The van der Waals surface area contributed by atoms with Gasteiger partial charge in [0.05, 0.1) is 12.8 Å². The van der Waals surface area contributed by atoms with E-state index in [1.165, 1.54) is 24.0 Å². The summed E-state index contributed by atoms with van der Waals surface area (Å²) in [6.45, 7) is 0.768. The van der Waals surface area contributed by atoms with Crippen LogP contribution in [-0.2, 0) is 17.2 Å². The van der Waals surface area contributed by atoms with Crippen molar-refractivity contribution in [3.63, 3.8) is 0 Å². The van der Waals surface area contributed by atoms with E-state index in [9.17, 15) is 0 Å². The van der Waals surface area contributed by atoms with E-state index >= 15 is 0 Å². The van der Waals surface area contributed by atoms with Gasteiger partial charge in [-0.2, -0.15) is 5.10 Å². The van der Waals surface area contributed by atoms with Crippen LogP contribution >= 0.6 is 0 Å². The van der Waals surface area contributed by atoms with Gasteiger partial charge in [-0.05, 0) is 24.0 Å². The molecular formula is C15H19N3O. The number of nitrogens with zero attached hydrogens (tertiary/aromatic N) is 2. The number of nitrogens with two attached hydrogens (primary N) is 1. The van der Waals surface area contributed by atoms with E-state index < -0.39 is 0 Å². The lowest BCUT2D eigenvalue weighted by Crippen LogP contribution is -2.15. The monoisotopic (exact) mass is 257 g/mol. The summed E-state index contributed by atoms with van der Waals surface area (Å²) in [4.78, 5) is 0. The molecule has 1 fully saturated rings. The molecule has 0 bridgehead atoms. The third-order valence-corrected chi connectivity index (χ3v) is 4.05. The molecule has 0 radical (unpaired) electrons. The number of hydrogen-bond acceptors (Lipinski definition) is 3. The summed E-state index contributed by atoms with van der Waals surface area (Å²) in [5, 5.41) is 4.24. The van der Waals surface area contributed by atoms with Crippen molar-refractivity contribution in [1.29, 1.82) is 0 Å². The summed E-state index contributed by atoms with van der Waals surface area (Å²) in [5.41, 5.74) is 9.81. The van der Waals surface area contributed by atoms with Gasteiger partial charge in [0.2, 0.25) is 0 Å². The van der Waals surface area contributed by atoms with Gasteiger partial charge in [-0.1, -0.05) is 24.3 Å². The van der Waals surface area contributed by atoms with Crippen molar-refractivity contribution in [3.05, 3.63) is 36.0 Å². The van der Waals surface area contributed by atoms with E-state index in [2.05, 4.69) is 23.3 Å². The Balaban J connectivity index is 2.10. The fraction of sp³-hybridized carbons (Fsp3) is 0.400. The summed E-state index contributed by atoms with van der Waals surface area (Å²) in [5.74, 6) is 0.709.